The van der Waals surface area contributed by atoms with Gasteiger partial charge in [-0.05, 0) is 13.1 Å². The zero-order chi connectivity index (χ0) is 15.1. The third kappa shape index (κ3) is 4.80. The van der Waals surface area contributed by atoms with Gasteiger partial charge in [0.2, 0.25) is 0 Å². The van der Waals surface area contributed by atoms with Crippen LogP contribution < -0.4 is 11.2 Å². The van der Waals surface area contributed by atoms with Gasteiger partial charge in [-0.15, -0.1) is 4.68 Å². The number of hydrogen-bond acceptors (Lipinski definition) is 4. The molecule has 1 heterocycles. The zero-order valence-electron chi connectivity index (χ0n) is 11.8. The Bertz CT molecular complexity index is 782. The summed E-state index contributed by atoms with van der Waals surface area (Å²) >= 11 is 0. The van der Waals surface area contributed by atoms with E-state index in [1.54, 1.807) is 0 Å². The number of aromatic amines is 1. The van der Waals surface area contributed by atoms with Gasteiger partial charge in [-0.3, -0.25) is 4.79 Å². The molecule has 0 amide bonds. The average molecular weight is 338 g/mol. The summed E-state index contributed by atoms with van der Waals surface area (Å²) in [6, 6.07) is 17.3. The van der Waals surface area contributed by atoms with Crippen molar-refractivity contribution in [2.45, 2.75) is 6.92 Å². The molecule has 114 valence electrons. The van der Waals surface area contributed by atoms with Crippen LogP contribution in [0.15, 0.2) is 69.3 Å². The Morgan fingerprint density at radius 1 is 1.23 bits per heavy atom. The van der Waals surface area contributed by atoms with Crippen LogP contribution in [0.4, 0.5) is 0 Å². The molecule has 0 unspecified atom stereocenters. The molecule has 0 atom stereocenters. The summed E-state index contributed by atoms with van der Waals surface area (Å²) in [7, 11) is 0. The van der Waals surface area contributed by atoms with Crippen molar-refractivity contribution in [2.75, 3.05) is 0 Å². The first-order valence-corrected chi connectivity index (χ1v) is 6.29. The maximum atomic E-state index is 11.5. The van der Waals surface area contributed by atoms with Gasteiger partial charge in [0.25, 0.3) is 5.56 Å². The summed E-state index contributed by atoms with van der Waals surface area (Å²) in [6.45, 7) is 1.51. The number of hydrogen-bond donors (Lipinski definition) is 1. The molecule has 6 nitrogen and oxygen atoms in total. The van der Waals surface area contributed by atoms with Crippen molar-refractivity contribution < 1.29 is 17.1 Å². The second-order valence-corrected chi connectivity index (χ2v) is 4.16. The van der Waals surface area contributed by atoms with Gasteiger partial charge < -0.3 is 0 Å². The van der Waals surface area contributed by atoms with Crippen LogP contribution in [-0.4, -0.2) is 21.1 Å². The van der Waals surface area contributed by atoms with Gasteiger partial charge in [0.05, 0.1) is 0 Å². The molecule has 0 aliphatic rings. The molecule has 0 aliphatic heterocycles. The van der Waals surface area contributed by atoms with Gasteiger partial charge in [0.1, 0.15) is 5.69 Å². The molecule has 7 heteroatoms. The van der Waals surface area contributed by atoms with Gasteiger partial charge in [0, 0.05) is 0 Å². The molecule has 0 bridgehead atoms. The minimum Gasteiger partial charge on any atom is -0.265 e. The molecular weight excluding hydrogens is 324 g/mol. The number of nitrogens with one attached hydrogen (secondary N) is 1. The number of rotatable bonds is 2. The molecule has 3 aromatic rings. The maximum absolute atomic E-state index is 11.5. The smallest absolute Gasteiger partial charge is 0.265 e. The van der Waals surface area contributed by atoms with Crippen LogP contribution in [0.3, 0.4) is 0 Å². The number of aryl methyl sites for hydroxylation is 1. The summed E-state index contributed by atoms with van der Waals surface area (Å²) in [5.74, 6) is 0. The molecule has 0 aliphatic carbocycles. The van der Waals surface area contributed by atoms with Crippen LogP contribution in [0, 0.1) is 6.92 Å². The van der Waals surface area contributed by atoms with Crippen molar-refractivity contribution in [1.29, 1.82) is 0 Å². The standard InChI is InChI=1S/C10H9N4O2.C5H5.Fe/c1-7-9(15)14(10(16)13-12-7)11-6-8-4-2-3-5-8;1-2-4-5-3-1;/h2-6H,1H3,(H,13,16);1-5H;/q2*-1;+2/b11-6+;;. The van der Waals surface area contributed by atoms with Crippen LogP contribution in [0.5, 0.6) is 0 Å². The van der Waals surface area contributed by atoms with E-state index in [4.69, 9.17) is 0 Å². The van der Waals surface area contributed by atoms with Crippen LogP contribution in [0.2, 0.25) is 0 Å². The van der Waals surface area contributed by atoms with Crippen molar-refractivity contribution in [3.63, 3.8) is 0 Å². The zero-order valence-corrected chi connectivity index (χ0v) is 12.9. The first-order chi connectivity index (χ1) is 10.2. The summed E-state index contributed by atoms with van der Waals surface area (Å²) in [4.78, 5) is 22.8. The van der Waals surface area contributed by atoms with E-state index >= 15 is 0 Å². The van der Waals surface area contributed by atoms with Crippen LogP contribution in [0.25, 0.3) is 0 Å². The van der Waals surface area contributed by atoms with E-state index in [1.165, 1.54) is 13.1 Å². The summed E-state index contributed by atoms with van der Waals surface area (Å²) in [5, 5.41) is 9.53. The van der Waals surface area contributed by atoms with Crippen LogP contribution in [-0.2, 0) is 17.1 Å². The second-order valence-electron chi connectivity index (χ2n) is 4.16. The van der Waals surface area contributed by atoms with E-state index in [-0.39, 0.29) is 22.8 Å². The van der Waals surface area contributed by atoms with Gasteiger partial charge in [-0.2, -0.15) is 52.2 Å². The number of nitrogens with zero attached hydrogens (tertiary/aromatic N) is 3. The summed E-state index contributed by atoms with van der Waals surface area (Å²) < 4.78 is 0.745. The number of aromatic nitrogens is 3. The second kappa shape index (κ2) is 8.71. The topological polar surface area (TPSA) is 80.1 Å². The Balaban J connectivity index is 0.000000344. The minimum atomic E-state index is -0.654. The van der Waals surface area contributed by atoms with Gasteiger partial charge in [-0.1, -0.05) is 0 Å². The molecule has 0 saturated heterocycles. The quantitative estimate of drug-likeness (QED) is 0.434. The molecule has 2 aromatic carbocycles. The van der Waals surface area contributed by atoms with Crippen molar-refractivity contribution in [1.82, 2.24) is 14.9 Å². The maximum Gasteiger partial charge on any atom is 2.00 e. The first kappa shape index (κ1) is 17.6. The number of H-pyrrole nitrogens is 1. The molecule has 1 aromatic heterocycles. The van der Waals surface area contributed by atoms with Crippen molar-refractivity contribution in [3.05, 3.63) is 86.7 Å². The fourth-order valence-electron chi connectivity index (χ4n) is 1.50. The molecule has 3 rings (SSSR count). The van der Waals surface area contributed by atoms with E-state index in [2.05, 4.69) is 15.3 Å². The normalized spacial score (nSPS) is 9.86. The van der Waals surface area contributed by atoms with Gasteiger partial charge >= 0.3 is 22.8 Å². The fourth-order valence-corrected chi connectivity index (χ4v) is 1.50. The Morgan fingerprint density at radius 2 is 1.95 bits per heavy atom. The van der Waals surface area contributed by atoms with E-state index in [0.29, 0.717) is 0 Å². The minimum absolute atomic E-state index is 0. The molecule has 0 fully saturated rings. The van der Waals surface area contributed by atoms with Crippen molar-refractivity contribution >= 4 is 6.21 Å². The van der Waals surface area contributed by atoms with E-state index in [0.717, 1.165) is 10.2 Å². The van der Waals surface area contributed by atoms with Crippen LogP contribution in [0.1, 0.15) is 11.3 Å². The van der Waals surface area contributed by atoms with E-state index in [1.807, 2.05) is 54.6 Å². The summed E-state index contributed by atoms with van der Waals surface area (Å²) in [5.41, 5.74) is -0.162. The van der Waals surface area contributed by atoms with Crippen molar-refractivity contribution in [2.24, 2.45) is 5.10 Å². The fraction of sp³-hybridized carbons (Fsp3) is 0.0667. The van der Waals surface area contributed by atoms with Crippen molar-refractivity contribution in [3.8, 4) is 0 Å². The molecule has 0 radical (unpaired) electrons. The van der Waals surface area contributed by atoms with E-state index in [9.17, 15) is 9.59 Å². The molecule has 22 heavy (non-hydrogen) atoms. The molecule has 0 saturated carbocycles. The predicted molar refractivity (Wildman–Crippen MR) is 80.9 cm³/mol. The molecule has 0 spiro atoms. The Kier molecular flexibility index (Phi) is 6.95. The van der Waals surface area contributed by atoms with Gasteiger partial charge in [-0.25, -0.2) is 28.1 Å². The molecular formula is C15H14FeN4O2. The first-order valence-electron chi connectivity index (χ1n) is 6.29. The SMILES string of the molecule is Cc1n[nH]c(=O)n(/N=C/c2cc[cH-]c2)c1=O.[Fe+2].c1cc[cH-]c1. The molecule has 1 N–H and O–H groups in total. The van der Waals surface area contributed by atoms with Crippen LogP contribution >= 0.6 is 0 Å². The Morgan fingerprint density at radius 3 is 2.50 bits per heavy atom. The van der Waals surface area contributed by atoms with E-state index < -0.39 is 11.2 Å². The summed E-state index contributed by atoms with van der Waals surface area (Å²) in [6.07, 6.45) is 1.44. The Hall–Kier alpha value is -2.50. The third-order valence-electron chi connectivity index (χ3n) is 2.58. The average Bonchev–Trinajstić information content (AvgIpc) is 3.18. The predicted octanol–water partition coefficient (Wildman–Crippen LogP) is 1.24. The third-order valence-corrected chi connectivity index (χ3v) is 2.58. The Labute approximate surface area is 137 Å². The van der Waals surface area contributed by atoms with Gasteiger partial charge in [0.15, 0.2) is 0 Å². The largest absolute Gasteiger partial charge is 2.00 e. The monoisotopic (exact) mass is 338 g/mol.